The first-order chi connectivity index (χ1) is 27.7. The summed E-state index contributed by atoms with van der Waals surface area (Å²) in [5.41, 5.74) is 14.4. The first kappa shape index (κ1) is 32.3. The highest BCUT2D eigenvalue weighted by atomic mass is 16.5. The number of hydrogen-bond acceptors (Lipinski definition) is 4. The number of fused-ring (bicyclic) bond motifs is 9. The summed E-state index contributed by atoms with van der Waals surface area (Å²) in [6.45, 7) is 4.16. The van der Waals surface area contributed by atoms with Crippen LogP contribution in [0.1, 0.15) is 46.0 Å². The molecule has 5 heteroatoms. The Morgan fingerprint density at radius 3 is 2.54 bits per heavy atom. The van der Waals surface area contributed by atoms with Crippen LogP contribution in [0, 0.1) is 0 Å². The van der Waals surface area contributed by atoms with Crippen LogP contribution in [0.3, 0.4) is 0 Å². The first-order valence-corrected chi connectivity index (χ1v) is 19.3. The summed E-state index contributed by atoms with van der Waals surface area (Å²) in [7, 11) is 0. The molecule has 0 fully saturated rings. The van der Waals surface area contributed by atoms with Crippen molar-refractivity contribution in [1.82, 2.24) is 9.88 Å². The lowest BCUT2D eigenvalue weighted by molar-refractivity contribution is 0.444. The Morgan fingerprint density at radius 1 is 0.750 bits per heavy atom. The lowest BCUT2D eigenvalue weighted by atomic mass is 9.89. The molecule has 1 atom stereocenters. The van der Waals surface area contributed by atoms with Crippen molar-refractivity contribution in [3.8, 4) is 16.9 Å². The van der Waals surface area contributed by atoms with Crippen molar-refractivity contribution in [2.45, 2.75) is 25.3 Å². The van der Waals surface area contributed by atoms with E-state index in [1.165, 1.54) is 22.3 Å². The van der Waals surface area contributed by atoms with Gasteiger partial charge in [0.25, 0.3) is 0 Å². The van der Waals surface area contributed by atoms with Gasteiger partial charge in [0.15, 0.2) is 0 Å². The molecule has 0 radical (unpaired) electrons. The second kappa shape index (κ2) is 13.0. The monoisotopic (exact) mass is 723 g/mol. The molecule has 0 bridgehead atoms. The Labute approximate surface area is 324 Å². The quantitative estimate of drug-likeness (QED) is 0.197. The topological polar surface area (TPSA) is 51.7 Å². The molecule has 1 aliphatic carbocycles. The maximum atomic E-state index is 6.71. The van der Waals surface area contributed by atoms with Crippen molar-refractivity contribution in [3.05, 3.63) is 204 Å². The third kappa shape index (κ3) is 5.27. The molecule has 0 spiro atoms. The van der Waals surface area contributed by atoms with Crippen LogP contribution in [0.5, 0.6) is 5.75 Å². The average molecular weight is 724 g/mol. The van der Waals surface area contributed by atoms with Crippen molar-refractivity contribution in [3.63, 3.8) is 0 Å². The molecule has 1 unspecified atom stereocenters. The molecule has 0 amide bonds. The lowest BCUT2D eigenvalue weighted by Gasteiger charge is -2.29. The summed E-state index contributed by atoms with van der Waals surface area (Å²) >= 11 is 0. The summed E-state index contributed by atoms with van der Waals surface area (Å²) in [6.07, 6.45) is 13.0. The standard InChI is InChI=1S/C51H37N3O2/c1-32-14-4-2-7-17-34-18-13-23-38(49(34)55-32)37-20-12-19-35(30-37)36-26-27-42-45(31-36)54(44-29-28-40-39-21-9-11-25-46(39)56-50(40)47(42)44)51-52-43-24-10-8-22-41(43)48(53-51)33-15-5-3-6-16-33/h2-16,18-25,28-31,48H,1,17,26-27H2,(H,52,53)/b7-2-,14-4-. The Morgan fingerprint density at radius 2 is 1.59 bits per heavy atom. The van der Waals surface area contributed by atoms with Gasteiger partial charge in [-0.25, -0.2) is 4.99 Å². The number of aromatic nitrogens is 1. The largest absolute Gasteiger partial charge is 0.457 e. The van der Waals surface area contributed by atoms with Gasteiger partial charge in [-0.1, -0.05) is 128 Å². The number of benzene rings is 6. The number of nitrogens with zero attached hydrogens (tertiary/aromatic N) is 2. The van der Waals surface area contributed by atoms with E-state index in [0.717, 1.165) is 97.4 Å². The van der Waals surface area contributed by atoms with Gasteiger partial charge in [-0.2, -0.15) is 0 Å². The summed E-state index contributed by atoms with van der Waals surface area (Å²) in [6, 6.07) is 47.1. The minimum Gasteiger partial charge on any atom is -0.457 e. The van der Waals surface area contributed by atoms with Gasteiger partial charge < -0.3 is 14.5 Å². The zero-order valence-corrected chi connectivity index (χ0v) is 30.7. The van der Waals surface area contributed by atoms with E-state index in [9.17, 15) is 0 Å². The number of para-hydroxylation sites is 3. The molecule has 6 aromatic carbocycles. The predicted molar refractivity (Wildman–Crippen MR) is 229 cm³/mol. The number of hydrogen-bond donors (Lipinski definition) is 1. The van der Waals surface area contributed by atoms with E-state index in [0.29, 0.717) is 5.76 Å². The van der Waals surface area contributed by atoms with Crippen LogP contribution in [0.4, 0.5) is 5.69 Å². The number of rotatable bonds is 3. The number of aliphatic imine (C=N–C) groups is 1. The van der Waals surface area contributed by atoms with E-state index in [1.54, 1.807) is 0 Å². The molecule has 268 valence electrons. The molecule has 0 saturated carbocycles. The second-order valence-electron chi connectivity index (χ2n) is 14.7. The van der Waals surface area contributed by atoms with Gasteiger partial charge in [-0.05, 0) is 95.1 Å². The van der Waals surface area contributed by atoms with Crippen LogP contribution in [0.2, 0.25) is 0 Å². The summed E-state index contributed by atoms with van der Waals surface area (Å²) in [4.78, 5) is 5.34. The molecule has 2 aromatic heterocycles. The number of furan rings is 1. The first-order valence-electron chi connectivity index (χ1n) is 19.3. The molecular formula is C51H37N3O2. The van der Waals surface area contributed by atoms with Crippen LogP contribution in [-0.2, 0) is 12.8 Å². The van der Waals surface area contributed by atoms with E-state index >= 15 is 0 Å². The predicted octanol–water partition coefficient (Wildman–Crippen LogP) is 12.5. The molecule has 4 heterocycles. The lowest BCUT2D eigenvalue weighted by Crippen LogP contribution is -2.37. The summed E-state index contributed by atoms with van der Waals surface area (Å²) in [5.74, 6) is 2.27. The Hall–Kier alpha value is -7.11. The van der Waals surface area contributed by atoms with Crippen LogP contribution < -0.4 is 10.1 Å². The van der Waals surface area contributed by atoms with Crippen LogP contribution >= 0.6 is 0 Å². The highest BCUT2D eigenvalue weighted by Gasteiger charge is 2.30. The van der Waals surface area contributed by atoms with Crippen molar-refractivity contribution in [1.29, 1.82) is 0 Å². The normalized spacial score (nSPS) is 17.4. The molecule has 2 aliphatic heterocycles. The molecule has 3 aliphatic rings. The maximum Gasteiger partial charge on any atom is 0.209 e. The smallest absolute Gasteiger partial charge is 0.209 e. The molecule has 1 N–H and O–H groups in total. The third-order valence-corrected chi connectivity index (χ3v) is 11.4. The van der Waals surface area contributed by atoms with Gasteiger partial charge in [0.1, 0.15) is 22.7 Å². The number of allylic oxidation sites excluding steroid dienone is 5. The van der Waals surface area contributed by atoms with Gasteiger partial charge in [-0.15, -0.1) is 0 Å². The van der Waals surface area contributed by atoms with Crippen LogP contribution in [-0.4, -0.2) is 10.5 Å². The fourth-order valence-corrected chi connectivity index (χ4v) is 8.80. The molecule has 8 aromatic rings. The van der Waals surface area contributed by atoms with Gasteiger partial charge in [-0.3, -0.25) is 4.57 Å². The fourth-order valence-electron chi connectivity index (χ4n) is 8.80. The van der Waals surface area contributed by atoms with Crippen LogP contribution in [0.25, 0.3) is 55.6 Å². The molecule has 0 saturated heterocycles. The Balaban J connectivity index is 1.10. The van der Waals surface area contributed by atoms with Crippen molar-refractivity contribution < 1.29 is 9.15 Å². The van der Waals surface area contributed by atoms with Gasteiger partial charge in [0, 0.05) is 27.3 Å². The van der Waals surface area contributed by atoms with E-state index in [2.05, 4.69) is 156 Å². The van der Waals surface area contributed by atoms with Crippen LogP contribution in [0.15, 0.2) is 180 Å². The Bertz CT molecular complexity index is 3030. The highest BCUT2D eigenvalue weighted by Crippen LogP contribution is 2.44. The van der Waals surface area contributed by atoms with E-state index in [1.807, 2.05) is 24.3 Å². The SMILES string of the molecule is C=C1/C=C\C=C/Cc2cccc(-c3cccc(C4=Cc5c(c6c7oc8ccccc8c7ccc6n5C5=Nc6ccccc6C(c6ccccc6)N5)CC4)c3)c2O1. The molecule has 56 heavy (non-hydrogen) atoms. The van der Waals surface area contributed by atoms with Crippen molar-refractivity contribution >= 4 is 56.1 Å². The highest BCUT2D eigenvalue weighted by molar-refractivity contribution is 6.18. The molecule has 11 rings (SSSR count). The van der Waals surface area contributed by atoms with Gasteiger partial charge in [0.2, 0.25) is 5.96 Å². The van der Waals surface area contributed by atoms with Crippen molar-refractivity contribution in [2.75, 3.05) is 0 Å². The van der Waals surface area contributed by atoms with E-state index in [-0.39, 0.29) is 6.04 Å². The van der Waals surface area contributed by atoms with E-state index < -0.39 is 0 Å². The molecular weight excluding hydrogens is 687 g/mol. The van der Waals surface area contributed by atoms with E-state index in [4.69, 9.17) is 14.1 Å². The zero-order chi connectivity index (χ0) is 37.2. The number of nitrogens with one attached hydrogen (secondary N) is 1. The zero-order valence-electron chi connectivity index (χ0n) is 30.7. The van der Waals surface area contributed by atoms with Gasteiger partial charge in [0.05, 0.1) is 22.9 Å². The number of aryl methyl sites for hydroxylation is 1. The van der Waals surface area contributed by atoms with Crippen molar-refractivity contribution in [2.24, 2.45) is 4.99 Å². The fraction of sp³-hybridized carbons (Fsp3) is 0.0784. The maximum absolute atomic E-state index is 6.71. The minimum absolute atomic E-state index is 0.0643. The minimum atomic E-state index is -0.0643. The summed E-state index contributed by atoms with van der Waals surface area (Å²) < 4.78 is 15.4. The average Bonchev–Trinajstić information content (AvgIpc) is 3.81. The Kier molecular flexibility index (Phi) is 7.52. The third-order valence-electron chi connectivity index (χ3n) is 11.4. The second-order valence-corrected chi connectivity index (χ2v) is 14.7. The summed E-state index contributed by atoms with van der Waals surface area (Å²) in [5, 5.41) is 7.31. The molecule has 5 nitrogen and oxygen atoms in total. The number of ether oxygens (including phenoxy) is 1. The van der Waals surface area contributed by atoms with Gasteiger partial charge >= 0.3 is 0 Å².